The van der Waals surface area contributed by atoms with Crippen molar-refractivity contribution < 1.29 is 18.0 Å². The van der Waals surface area contributed by atoms with Crippen molar-refractivity contribution in [2.75, 3.05) is 0 Å². The van der Waals surface area contributed by atoms with Gasteiger partial charge < -0.3 is 5.32 Å². The molecule has 1 amide bonds. The first kappa shape index (κ1) is 15.8. The lowest BCUT2D eigenvalue weighted by atomic mass is 9.79. The molecule has 0 saturated heterocycles. The van der Waals surface area contributed by atoms with Gasteiger partial charge in [0.05, 0.1) is 11.9 Å². The quantitative estimate of drug-likeness (QED) is 0.943. The number of alkyl halides is 3. The number of carbonyl (C=O) groups is 1. The maximum atomic E-state index is 13.2. The van der Waals surface area contributed by atoms with Gasteiger partial charge in [0, 0.05) is 0 Å². The predicted octanol–water partition coefficient (Wildman–Crippen LogP) is 2.81. The number of amides is 1. The van der Waals surface area contributed by atoms with E-state index >= 15 is 0 Å². The van der Waals surface area contributed by atoms with E-state index < -0.39 is 24.0 Å². The minimum atomic E-state index is -4.46. The Balaban J connectivity index is 1.91. The molecule has 1 N–H and O–H groups in total. The number of imidazole rings is 1. The van der Waals surface area contributed by atoms with Gasteiger partial charge in [0.15, 0.2) is 11.3 Å². The van der Waals surface area contributed by atoms with E-state index in [2.05, 4.69) is 15.4 Å². The molecule has 23 heavy (non-hydrogen) atoms. The number of nitrogens with one attached hydrogen (secondary N) is 1. The Morgan fingerprint density at radius 3 is 2.65 bits per heavy atom. The van der Waals surface area contributed by atoms with Crippen LogP contribution in [0.5, 0.6) is 0 Å². The van der Waals surface area contributed by atoms with E-state index in [1.54, 1.807) is 13.0 Å². The third kappa shape index (κ3) is 2.89. The normalized spacial score (nSPS) is 17.1. The average molecular weight is 326 g/mol. The van der Waals surface area contributed by atoms with Crippen molar-refractivity contribution in [2.45, 2.75) is 45.3 Å². The number of aromatic nitrogens is 3. The smallest absolute Gasteiger partial charge is 0.339 e. The van der Waals surface area contributed by atoms with E-state index in [0.717, 1.165) is 12.0 Å². The molecule has 1 aliphatic rings. The van der Waals surface area contributed by atoms with Crippen molar-refractivity contribution in [3.05, 3.63) is 29.2 Å². The van der Waals surface area contributed by atoms with Gasteiger partial charge in [0.1, 0.15) is 6.04 Å². The van der Waals surface area contributed by atoms with Crippen LogP contribution in [0, 0.1) is 19.8 Å². The van der Waals surface area contributed by atoms with Crippen LogP contribution in [0.3, 0.4) is 0 Å². The summed E-state index contributed by atoms with van der Waals surface area (Å²) in [4.78, 5) is 16.4. The van der Waals surface area contributed by atoms with E-state index in [9.17, 15) is 18.0 Å². The number of halogens is 3. The summed E-state index contributed by atoms with van der Waals surface area (Å²) in [7, 11) is 0. The average Bonchev–Trinajstić information content (AvgIpc) is 2.78. The molecule has 1 atom stereocenters. The van der Waals surface area contributed by atoms with Gasteiger partial charge in [-0.3, -0.25) is 4.79 Å². The molecule has 1 aliphatic carbocycles. The van der Waals surface area contributed by atoms with Gasteiger partial charge in [-0.1, -0.05) is 6.42 Å². The summed E-state index contributed by atoms with van der Waals surface area (Å²) in [5, 5.41) is 6.31. The van der Waals surface area contributed by atoms with E-state index in [1.165, 1.54) is 10.7 Å². The Bertz CT molecular complexity index is 749. The molecule has 2 heterocycles. The molecule has 2 aromatic rings. The fourth-order valence-corrected chi connectivity index (χ4v) is 2.89. The third-order valence-corrected chi connectivity index (χ3v) is 4.27. The summed E-state index contributed by atoms with van der Waals surface area (Å²) < 4.78 is 40.8. The number of carbonyl (C=O) groups excluding carboxylic acids is 1. The first-order valence-electron chi connectivity index (χ1n) is 7.47. The molecule has 0 bridgehead atoms. The number of rotatable bonds is 3. The Labute approximate surface area is 130 Å². The zero-order chi connectivity index (χ0) is 16.8. The number of nitrogens with zero attached hydrogens (tertiary/aromatic N) is 3. The van der Waals surface area contributed by atoms with Crippen LogP contribution in [0.25, 0.3) is 5.65 Å². The van der Waals surface area contributed by atoms with Gasteiger partial charge in [0.2, 0.25) is 0 Å². The fraction of sp³-hybridized carbons (Fsp3) is 0.533. The predicted molar refractivity (Wildman–Crippen MR) is 77.1 cm³/mol. The molecule has 1 fully saturated rings. The summed E-state index contributed by atoms with van der Waals surface area (Å²) >= 11 is 0. The van der Waals surface area contributed by atoms with Crippen LogP contribution in [0.4, 0.5) is 13.2 Å². The molecule has 0 radical (unpaired) electrons. The monoisotopic (exact) mass is 326 g/mol. The molecule has 2 aromatic heterocycles. The molecular weight excluding hydrogens is 309 g/mol. The molecule has 8 heteroatoms. The first-order chi connectivity index (χ1) is 10.8. The maximum Gasteiger partial charge on any atom is 0.408 e. The molecule has 1 saturated carbocycles. The second-order valence-corrected chi connectivity index (χ2v) is 6.03. The number of aryl methyl sites for hydroxylation is 2. The summed E-state index contributed by atoms with van der Waals surface area (Å²) in [6, 6.07) is -0.0168. The fourth-order valence-electron chi connectivity index (χ4n) is 2.89. The highest BCUT2D eigenvalue weighted by atomic mass is 19.4. The van der Waals surface area contributed by atoms with Crippen LogP contribution in [0.2, 0.25) is 0 Å². The second-order valence-electron chi connectivity index (χ2n) is 6.03. The van der Waals surface area contributed by atoms with Gasteiger partial charge >= 0.3 is 6.18 Å². The van der Waals surface area contributed by atoms with Gasteiger partial charge in [-0.05, 0) is 44.2 Å². The minimum Gasteiger partial charge on any atom is -0.339 e. The molecular formula is C15H17F3N4O. The summed E-state index contributed by atoms with van der Waals surface area (Å²) in [5.41, 5.74) is 1.95. The minimum absolute atomic E-state index is 0.0142. The van der Waals surface area contributed by atoms with E-state index in [0.29, 0.717) is 24.2 Å². The third-order valence-electron chi connectivity index (χ3n) is 4.27. The highest BCUT2D eigenvalue weighted by molar-refractivity contribution is 5.93. The van der Waals surface area contributed by atoms with Crippen molar-refractivity contribution in [3.8, 4) is 0 Å². The van der Waals surface area contributed by atoms with Crippen molar-refractivity contribution in [3.63, 3.8) is 0 Å². The first-order valence-corrected chi connectivity index (χ1v) is 7.47. The zero-order valence-electron chi connectivity index (χ0n) is 12.8. The number of hydrogen-bond acceptors (Lipinski definition) is 3. The maximum absolute atomic E-state index is 13.2. The van der Waals surface area contributed by atoms with Crippen molar-refractivity contribution in [2.24, 2.45) is 5.92 Å². The van der Waals surface area contributed by atoms with Crippen molar-refractivity contribution >= 4 is 11.6 Å². The van der Waals surface area contributed by atoms with E-state index in [4.69, 9.17) is 0 Å². The van der Waals surface area contributed by atoms with Crippen LogP contribution >= 0.6 is 0 Å². The summed E-state index contributed by atoms with van der Waals surface area (Å²) in [6.07, 6.45) is -1.47. The molecule has 5 nitrogen and oxygen atoms in total. The SMILES string of the molecule is Cc1cc(C)c2ncc(C(=O)NC(C3CCC3)C(F)(F)F)n2n1. The highest BCUT2D eigenvalue weighted by Crippen LogP contribution is 2.37. The molecule has 0 spiro atoms. The number of fused-ring (bicyclic) bond motifs is 1. The van der Waals surface area contributed by atoms with Crippen molar-refractivity contribution in [1.82, 2.24) is 19.9 Å². The van der Waals surface area contributed by atoms with E-state index in [-0.39, 0.29) is 5.69 Å². The van der Waals surface area contributed by atoms with Crippen molar-refractivity contribution in [1.29, 1.82) is 0 Å². The van der Waals surface area contributed by atoms with Crippen LogP contribution in [0.1, 0.15) is 41.0 Å². The van der Waals surface area contributed by atoms with E-state index in [1.807, 2.05) is 6.92 Å². The Kier molecular flexibility index (Phi) is 3.77. The second kappa shape index (κ2) is 5.50. The summed E-state index contributed by atoms with van der Waals surface area (Å²) in [5.74, 6) is -1.35. The lowest BCUT2D eigenvalue weighted by Gasteiger charge is -2.35. The number of hydrogen-bond donors (Lipinski definition) is 1. The van der Waals surface area contributed by atoms with Crippen LogP contribution in [0.15, 0.2) is 12.3 Å². The Morgan fingerprint density at radius 1 is 1.39 bits per heavy atom. The molecule has 0 aromatic carbocycles. The standard InChI is InChI=1S/C15H17F3N4O/c1-8-6-9(2)21-22-11(7-19-13(8)22)14(23)20-12(15(16,17)18)10-4-3-5-10/h6-7,10,12H,3-5H2,1-2H3,(H,20,23). The largest absolute Gasteiger partial charge is 0.408 e. The lowest BCUT2D eigenvalue weighted by Crippen LogP contribution is -2.52. The van der Waals surface area contributed by atoms with Gasteiger partial charge in [-0.2, -0.15) is 18.3 Å². The Hall–Kier alpha value is -2.12. The molecule has 1 unspecified atom stereocenters. The van der Waals surface area contributed by atoms with Crippen LogP contribution < -0.4 is 5.32 Å². The Morgan fingerprint density at radius 2 is 2.09 bits per heavy atom. The zero-order valence-corrected chi connectivity index (χ0v) is 12.8. The molecule has 0 aliphatic heterocycles. The van der Waals surface area contributed by atoms with Crippen LogP contribution in [-0.2, 0) is 0 Å². The van der Waals surface area contributed by atoms with Crippen LogP contribution in [-0.4, -0.2) is 32.7 Å². The summed E-state index contributed by atoms with van der Waals surface area (Å²) in [6.45, 7) is 3.56. The lowest BCUT2D eigenvalue weighted by molar-refractivity contribution is -0.171. The topological polar surface area (TPSA) is 59.3 Å². The van der Waals surface area contributed by atoms with Gasteiger partial charge in [-0.15, -0.1) is 0 Å². The highest BCUT2D eigenvalue weighted by Gasteiger charge is 2.47. The van der Waals surface area contributed by atoms with Gasteiger partial charge in [0.25, 0.3) is 5.91 Å². The van der Waals surface area contributed by atoms with Gasteiger partial charge in [-0.25, -0.2) is 9.50 Å². The molecule has 3 rings (SSSR count). The molecule has 124 valence electrons.